The molecule has 1 amide bonds. The van der Waals surface area contributed by atoms with E-state index in [0.29, 0.717) is 0 Å². The molecule has 0 aromatic heterocycles. The highest BCUT2D eigenvalue weighted by molar-refractivity contribution is 6.63. The van der Waals surface area contributed by atoms with E-state index in [1.807, 2.05) is 20.8 Å². The SMILES string of the molecule is CC(C)(C)N(CCl)C(=O)Cl. The molecule has 0 heterocycles. The third kappa shape index (κ3) is 2.76. The summed E-state index contributed by atoms with van der Waals surface area (Å²) in [7, 11) is 0. The van der Waals surface area contributed by atoms with Gasteiger partial charge in [-0.25, -0.2) is 0 Å². The molecule has 10 heavy (non-hydrogen) atoms. The van der Waals surface area contributed by atoms with E-state index in [0.717, 1.165) is 0 Å². The first kappa shape index (κ1) is 10.0. The lowest BCUT2D eigenvalue weighted by molar-refractivity contribution is 0.182. The molecule has 0 atom stereocenters. The molecule has 0 aliphatic rings. The summed E-state index contributed by atoms with van der Waals surface area (Å²) < 4.78 is 0. The van der Waals surface area contributed by atoms with E-state index in [-0.39, 0.29) is 11.5 Å². The molecule has 0 saturated carbocycles. The van der Waals surface area contributed by atoms with Gasteiger partial charge in [0, 0.05) is 5.54 Å². The Hall–Kier alpha value is 0.0500. The van der Waals surface area contributed by atoms with E-state index in [2.05, 4.69) is 0 Å². The zero-order valence-electron chi connectivity index (χ0n) is 6.32. The van der Waals surface area contributed by atoms with Gasteiger partial charge in [-0.3, -0.25) is 4.79 Å². The monoisotopic (exact) mass is 183 g/mol. The Kier molecular flexibility index (Phi) is 3.46. The van der Waals surface area contributed by atoms with Gasteiger partial charge in [-0.1, -0.05) is 0 Å². The van der Waals surface area contributed by atoms with Crippen molar-refractivity contribution < 1.29 is 4.79 Å². The lowest BCUT2D eigenvalue weighted by Gasteiger charge is -2.31. The minimum absolute atomic E-state index is 0.131. The van der Waals surface area contributed by atoms with Gasteiger partial charge >= 0.3 is 5.37 Å². The van der Waals surface area contributed by atoms with Crippen LogP contribution in [0.4, 0.5) is 4.79 Å². The van der Waals surface area contributed by atoms with Crippen LogP contribution in [-0.4, -0.2) is 21.8 Å². The smallest absolute Gasteiger partial charge is 0.311 e. The van der Waals surface area contributed by atoms with Crippen molar-refractivity contribution in [2.24, 2.45) is 0 Å². The molecule has 2 nitrogen and oxygen atoms in total. The van der Waals surface area contributed by atoms with Crippen molar-refractivity contribution in [2.45, 2.75) is 26.3 Å². The van der Waals surface area contributed by atoms with Crippen LogP contribution < -0.4 is 0 Å². The molecule has 0 radical (unpaired) electrons. The van der Waals surface area contributed by atoms with E-state index in [1.165, 1.54) is 4.90 Å². The molecule has 4 heteroatoms. The van der Waals surface area contributed by atoms with Gasteiger partial charge in [0.2, 0.25) is 0 Å². The maximum absolute atomic E-state index is 10.6. The van der Waals surface area contributed by atoms with Crippen molar-refractivity contribution in [3.05, 3.63) is 0 Å². The zero-order valence-corrected chi connectivity index (χ0v) is 7.83. The summed E-state index contributed by atoms with van der Waals surface area (Å²) in [5.41, 5.74) is -0.291. The van der Waals surface area contributed by atoms with Crippen molar-refractivity contribution in [3.63, 3.8) is 0 Å². The molecule has 60 valence electrons. The first-order valence-corrected chi connectivity index (χ1v) is 3.84. The zero-order chi connectivity index (χ0) is 8.36. The van der Waals surface area contributed by atoms with Crippen molar-refractivity contribution in [2.75, 3.05) is 6.00 Å². The van der Waals surface area contributed by atoms with Crippen molar-refractivity contribution in [1.82, 2.24) is 4.90 Å². The summed E-state index contributed by atoms with van der Waals surface area (Å²) in [6, 6.07) is 0.131. The Bertz CT molecular complexity index is 130. The Balaban J connectivity index is 4.22. The largest absolute Gasteiger partial charge is 0.317 e. The van der Waals surface area contributed by atoms with Crippen LogP contribution in [0.1, 0.15) is 20.8 Å². The van der Waals surface area contributed by atoms with Crippen LogP contribution in [0.15, 0.2) is 0 Å². The maximum atomic E-state index is 10.6. The first-order chi connectivity index (χ1) is 4.39. The fourth-order valence-corrected chi connectivity index (χ4v) is 1.33. The van der Waals surface area contributed by atoms with E-state index < -0.39 is 5.37 Å². The van der Waals surface area contributed by atoms with Crippen molar-refractivity contribution in [1.29, 1.82) is 0 Å². The fraction of sp³-hybridized carbons (Fsp3) is 0.833. The van der Waals surface area contributed by atoms with Gasteiger partial charge in [-0.15, -0.1) is 11.6 Å². The molecule has 0 aliphatic carbocycles. The molecule has 0 aromatic carbocycles. The Morgan fingerprint density at radius 1 is 1.50 bits per heavy atom. The molecule has 0 bridgehead atoms. The predicted molar refractivity (Wildman–Crippen MR) is 43.6 cm³/mol. The highest BCUT2D eigenvalue weighted by Gasteiger charge is 2.23. The Morgan fingerprint density at radius 2 is 1.90 bits per heavy atom. The average Bonchev–Trinajstić information content (AvgIpc) is 1.60. The molecule has 0 spiro atoms. The van der Waals surface area contributed by atoms with Gasteiger partial charge in [0.15, 0.2) is 0 Å². The topological polar surface area (TPSA) is 20.3 Å². The van der Waals surface area contributed by atoms with Gasteiger partial charge in [0.25, 0.3) is 0 Å². The second kappa shape index (κ2) is 3.44. The van der Waals surface area contributed by atoms with Crippen LogP contribution in [0.25, 0.3) is 0 Å². The first-order valence-electron chi connectivity index (χ1n) is 2.92. The number of carbonyl (C=O) groups excluding carboxylic acids is 1. The lowest BCUT2D eigenvalue weighted by Crippen LogP contribution is -2.42. The average molecular weight is 184 g/mol. The number of rotatable bonds is 1. The van der Waals surface area contributed by atoms with E-state index in [4.69, 9.17) is 23.2 Å². The molecular weight excluding hydrogens is 173 g/mol. The number of halogens is 2. The number of hydrogen-bond donors (Lipinski definition) is 0. The second-order valence-electron chi connectivity index (χ2n) is 2.97. The number of carbonyl (C=O) groups is 1. The maximum Gasteiger partial charge on any atom is 0.317 e. The van der Waals surface area contributed by atoms with Gasteiger partial charge < -0.3 is 4.90 Å². The lowest BCUT2D eigenvalue weighted by atomic mass is 10.1. The third-order valence-corrected chi connectivity index (χ3v) is 1.58. The molecule has 0 N–H and O–H groups in total. The number of nitrogens with zero attached hydrogens (tertiary/aromatic N) is 1. The summed E-state index contributed by atoms with van der Waals surface area (Å²) in [6.45, 7) is 5.61. The molecule has 0 unspecified atom stereocenters. The molecule has 0 rings (SSSR count). The van der Waals surface area contributed by atoms with E-state index in [1.54, 1.807) is 0 Å². The second-order valence-corrected chi connectivity index (χ2v) is 3.53. The summed E-state index contributed by atoms with van der Waals surface area (Å²) in [5, 5.41) is -0.512. The molecule has 0 aliphatic heterocycles. The van der Waals surface area contributed by atoms with E-state index >= 15 is 0 Å². The van der Waals surface area contributed by atoms with Crippen molar-refractivity contribution >= 4 is 28.6 Å². The summed E-state index contributed by atoms with van der Waals surface area (Å²) in [5.74, 6) is 0. The van der Waals surface area contributed by atoms with Gasteiger partial charge in [0.05, 0.1) is 6.00 Å². The standard InChI is InChI=1S/C6H11Cl2NO/c1-6(2,3)9(4-7)5(8)10/h4H2,1-3H3. The van der Waals surface area contributed by atoms with Crippen LogP contribution in [0, 0.1) is 0 Å². The van der Waals surface area contributed by atoms with Crippen LogP contribution in [0.5, 0.6) is 0 Å². The molecule has 0 saturated heterocycles. The normalized spacial score (nSPS) is 11.3. The van der Waals surface area contributed by atoms with Gasteiger partial charge in [0.1, 0.15) is 0 Å². The molecule has 0 fully saturated rings. The van der Waals surface area contributed by atoms with Crippen LogP contribution in [0.2, 0.25) is 0 Å². The van der Waals surface area contributed by atoms with Gasteiger partial charge in [-0.05, 0) is 32.4 Å². The quantitative estimate of drug-likeness (QED) is 0.348. The highest BCUT2D eigenvalue weighted by atomic mass is 35.5. The Morgan fingerprint density at radius 3 is 1.90 bits per heavy atom. The fourth-order valence-electron chi connectivity index (χ4n) is 0.490. The molecular formula is C6H11Cl2NO. The predicted octanol–water partition coefficient (Wildman–Crippen LogP) is 2.64. The third-order valence-electron chi connectivity index (χ3n) is 1.14. The number of amides is 1. The van der Waals surface area contributed by atoms with Crippen LogP contribution in [0.3, 0.4) is 0 Å². The van der Waals surface area contributed by atoms with Crippen LogP contribution >= 0.6 is 23.2 Å². The number of alkyl halides is 1. The summed E-state index contributed by atoms with van der Waals surface area (Å²) >= 11 is 10.7. The number of hydrogen-bond acceptors (Lipinski definition) is 1. The molecule has 0 aromatic rings. The van der Waals surface area contributed by atoms with Crippen molar-refractivity contribution in [3.8, 4) is 0 Å². The van der Waals surface area contributed by atoms with E-state index in [9.17, 15) is 4.79 Å². The highest BCUT2D eigenvalue weighted by Crippen LogP contribution is 2.15. The summed E-state index contributed by atoms with van der Waals surface area (Å²) in [4.78, 5) is 12.0. The van der Waals surface area contributed by atoms with Crippen LogP contribution in [-0.2, 0) is 0 Å². The minimum atomic E-state index is -0.512. The minimum Gasteiger partial charge on any atom is -0.311 e. The summed E-state index contributed by atoms with van der Waals surface area (Å²) in [6.07, 6.45) is 0. The van der Waals surface area contributed by atoms with Gasteiger partial charge in [-0.2, -0.15) is 0 Å². The Labute approximate surface area is 71.1 Å².